The Balaban J connectivity index is 1.18. The van der Waals surface area contributed by atoms with E-state index >= 15 is 0 Å². The summed E-state index contributed by atoms with van der Waals surface area (Å²) >= 11 is 3.26. The van der Waals surface area contributed by atoms with Crippen LogP contribution in [0.25, 0.3) is 32.8 Å². The van der Waals surface area contributed by atoms with E-state index in [2.05, 4.69) is 72.1 Å². The molecule has 0 amide bonds. The van der Waals surface area contributed by atoms with Crippen LogP contribution in [0.2, 0.25) is 0 Å². The number of hydrogen-bond donors (Lipinski definition) is 1. The molecule has 6 rings (SSSR count). The first kappa shape index (κ1) is 37.1. The Morgan fingerprint density at radius 2 is 1.42 bits per heavy atom. The number of nitriles is 1. The summed E-state index contributed by atoms with van der Waals surface area (Å²) < 4.78 is 6.50. The van der Waals surface area contributed by atoms with Gasteiger partial charge in [-0.2, -0.15) is 5.26 Å². The van der Waals surface area contributed by atoms with Crippen LogP contribution in [0.15, 0.2) is 114 Å². The maximum atomic E-state index is 13.6. The van der Waals surface area contributed by atoms with Gasteiger partial charge in [-0.15, -0.1) is 22.7 Å². The minimum absolute atomic E-state index is 0.00203. The second-order valence-electron chi connectivity index (χ2n) is 13.0. The molecule has 0 bridgehead atoms. The Kier molecular flexibility index (Phi) is 12.0. The molecule has 0 unspecified atom stereocenters. The van der Waals surface area contributed by atoms with Gasteiger partial charge in [0.1, 0.15) is 11.6 Å². The summed E-state index contributed by atoms with van der Waals surface area (Å²) in [5.74, 6) is -0.722. The van der Waals surface area contributed by atoms with Gasteiger partial charge in [-0.3, -0.25) is 14.2 Å². The first-order chi connectivity index (χ1) is 25.7. The van der Waals surface area contributed by atoms with Crippen molar-refractivity contribution in [2.45, 2.75) is 46.1 Å². The number of aromatic nitrogens is 1. The number of carbonyl (C=O) groups is 1. The molecule has 6 aromatic rings. The fraction of sp³-hybridized carbons (Fsp3) is 0.205. The highest BCUT2D eigenvalue weighted by Gasteiger charge is 2.15. The van der Waals surface area contributed by atoms with E-state index in [1.165, 1.54) is 4.57 Å². The molecule has 1 N–H and O–H groups in total. The third-order valence-electron chi connectivity index (χ3n) is 8.89. The second-order valence-corrected chi connectivity index (χ2v) is 15.2. The quantitative estimate of drug-likeness (QED) is 0.0884. The van der Waals surface area contributed by atoms with Crippen molar-refractivity contribution in [3.63, 3.8) is 0 Å². The lowest BCUT2D eigenvalue weighted by atomic mass is 10.1. The van der Waals surface area contributed by atoms with Crippen molar-refractivity contribution in [1.82, 2.24) is 4.57 Å². The molecule has 3 aromatic carbocycles. The van der Waals surface area contributed by atoms with E-state index in [4.69, 9.17) is 4.74 Å². The van der Waals surface area contributed by atoms with Crippen molar-refractivity contribution in [2.24, 2.45) is 5.92 Å². The molecule has 268 valence electrons. The number of ether oxygens (including phenoxy) is 1. The highest BCUT2D eigenvalue weighted by molar-refractivity contribution is 7.24. The van der Waals surface area contributed by atoms with Gasteiger partial charge in [0.2, 0.25) is 5.88 Å². The number of rotatable bonds is 14. The summed E-state index contributed by atoms with van der Waals surface area (Å²) in [6.07, 6.45) is 4.70. The summed E-state index contributed by atoms with van der Waals surface area (Å²) in [6.45, 7) is 8.22. The van der Waals surface area contributed by atoms with Crippen LogP contribution in [-0.4, -0.2) is 22.2 Å². The van der Waals surface area contributed by atoms with E-state index in [-0.39, 0.29) is 40.7 Å². The third-order valence-corrected chi connectivity index (χ3v) is 11.2. The highest BCUT2D eigenvalue weighted by Crippen LogP contribution is 2.40. The average molecular weight is 740 g/mol. The fourth-order valence-corrected chi connectivity index (χ4v) is 8.07. The van der Waals surface area contributed by atoms with Crippen LogP contribution >= 0.6 is 22.7 Å². The van der Waals surface area contributed by atoms with Gasteiger partial charge in [0, 0.05) is 53.6 Å². The smallest absolute Gasteiger partial charge is 0.308 e. The van der Waals surface area contributed by atoms with Crippen LogP contribution in [0, 0.1) is 17.2 Å². The van der Waals surface area contributed by atoms with E-state index in [0.717, 1.165) is 61.4 Å². The van der Waals surface area contributed by atoms with Crippen molar-refractivity contribution >= 4 is 58.4 Å². The topological polar surface area (TPSA) is 95.6 Å². The maximum Gasteiger partial charge on any atom is 0.308 e. The number of benzene rings is 3. The molecule has 0 fully saturated rings. The molecule has 0 spiro atoms. The van der Waals surface area contributed by atoms with Gasteiger partial charge in [-0.25, -0.2) is 0 Å². The number of anilines is 3. The minimum Gasteiger partial charge on any atom is -0.493 e. The molecule has 7 nitrogen and oxygen atoms in total. The van der Waals surface area contributed by atoms with E-state index in [1.54, 1.807) is 42.6 Å². The molecule has 3 heterocycles. The van der Waals surface area contributed by atoms with Gasteiger partial charge in [0.25, 0.3) is 5.56 Å². The zero-order valence-corrected chi connectivity index (χ0v) is 31.5. The number of esters is 1. The number of unbranched alkanes of at least 4 members (excludes halogenated alkanes) is 3. The first-order valence-corrected chi connectivity index (χ1v) is 19.3. The maximum absolute atomic E-state index is 13.6. The van der Waals surface area contributed by atoms with Crippen molar-refractivity contribution in [3.8, 4) is 32.1 Å². The Morgan fingerprint density at radius 1 is 0.830 bits per heavy atom. The van der Waals surface area contributed by atoms with Crippen LogP contribution in [0.3, 0.4) is 0 Å². The van der Waals surface area contributed by atoms with Crippen molar-refractivity contribution < 1.29 is 14.6 Å². The van der Waals surface area contributed by atoms with Gasteiger partial charge in [0.05, 0.1) is 12.5 Å². The Hall–Kier alpha value is -5.69. The fourth-order valence-electron chi connectivity index (χ4n) is 6.02. The average Bonchev–Trinajstić information content (AvgIpc) is 3.86. The standard InChI is InChI=1S/C44H41N3O4S2/c1-30(2)44(50)51-27-13-5-4-12-26-46-42(48)37(31(3)38(29-45)43(46)49)28-36-22-23-40(52-36)41-25-24-39(53-41)32-18-20-35(21-19-32)47(33-14-8-6-9-15-33)34-16-10-7-11-17-34/h6-11,14-25,28,30,49H,3-5,12-13,26-27H2,1-2H3/b37-28-. The van der Waals surface area contributed by atoms with Gasteiger partial charge in [0.15, 0.2) is 0 Å². The Bertz CT molecular complexity index is 2350. The molecule has 0 radical (unpaired) electrons. The SMILES string of the molecule is C=c1c(C#N)c(O)n(CCCCCCOC(=O)C(C)C)c(=O)/c1=C\c1ccc(-c2ccc(-c3ccc(N(c4ccccc4)c4ccccc4)cc3)s2)s1. The lowest BCUT2D eigenvalue weighted by molar-refractivity contribution is -0.147. The van der Waals surface area contributed by atoms with Gasteiger partial charge < -0.3 is 14.7 Å². The third kappa shape index (κ3) is 8.69. The molecule has 0 atom stereocenters. The second kappa shape index (κ2) is 17.2. The molecular weight excluding hydrogens is 699 g/mol. The summed E-state index contributed by atoms with van der Waals surface area (Å²) in [5, 5.41) is 21.2. The Morgan fingerprint density at radius 3 is 2.06 bits per heavy atom. The van der Waals surface area contributed by atoms with Crippen molar-refractivity contribution in [2.75, 3.05) is 11.5 Å². The van der Waals surface area contributed by atoms with E-state index < -0.39 is 0 Å². The zero-order chi connectivity index (χ0) is 37.3. The van der Waals surface area contributed by atoms with Crippen LogP contribution in [0.4, 0.5) is 17.1 Å². The molecule has 9 heteroatoms. The Labute approximate surface area is 317 Å². The summed E-state index contributed by atoms with van der Waals surface area (Å²) in [4.78, 5) is 31.7. The molecule has 0 saturated carbocycles. The van der Waals surface area contributed by atoms with Crippen LogP contribution in [0.5, 0.6) is 5.88 Å². The number of aromatic hydroxyl groups is 1. The normalized spacial score (nSPS) is 11.5. The van der Waals surface area contributed by atoms with E-state index in [9.17, 15) is 20.0 Å². The van der Waals surface area contributed by atoms with E-state index in [1.807, 2.05) is 54.6 Å². The lowest BCUT2D eigenvalue weighted by Crippen LogP contribution is -2.46. The molecular formula is C44H41N3O4S2. The molecule has 0 saturated heterocycles. The summed E-state index contributed by atoms with van der Waals surface area (Å²) in [7, 11) is 0. The first-order valence-electron chi connectivity index (χ1n) is 17.7. The molecule has 0 aliphatic carbocycles. The van der Waals surface area contributed by atoms with Crippen molar-refractivity contribution in [3.05, 3.63) is 140 Å². The van der Waals surface area contributed by atoms with Crippen LogP contribution in [0.1, 0.15) is 50.0 Å². The van der Waals surface area contributed by atoms with Crippen LogP contribution in [-0.2, 0) is 16.1 Å². The van der Waals surface area contributed by atoms with Crippen LogP contribution < -0.4 is 20.9 Å². The minimum atomic E-state index is -0.382. The lowest BCUT2D eigenvalue weighted by Gasteiger charge is -2.25. The number of carbonyl (C=O) groups excluding carboxylic acids is 1. The number of nitrogens with zero attached hydrogens (tertiary/aromatic N) is 3. The van der Waals surface area contributed by atoms with E-state index in [0.29, 0.717) is 18.2 Å². The number of hydrogen-bond acceptors (Lipinski definition) is 8. The molecule has 3 aromatic heterocycles. The van der Waals surface area contributed by atoms with Gasteiger partial charge in [-0.1, -0.05) is 75.4 Å². The number of pyridine rings is 1. The van der Waals surface area contributed by atoms with Gasteiger partial charge >= 0.3 is 5.97 Å². The molecule has 0 aliphatic heterocycles. The summed E-state index contributed by atoms with van der Waals surface area (Å²) in [6, 6.07) is 39.6. The number of thiophene rings is 2. The van der Waals surface area contributed by atoms with Crippen molar-refractivity contribution in [1.29, 1.82) is 5.26 Å². The highest BCUT2D eigenvalue weighted by atomic mass is 32.1. The summed E-state index contributed by atoms with van der Waals surface area (Å²) in [5.41, 5.74) is 3.99. The zero-order valence-electron chi connectivity index (χ0n) is 29.8. The monoisotopic (exact) mass is 739 g/mol. The number of para-hydroxylation sites is 2. The van der Waals surface area contributed by atoms with Gasteiger partial charge in [-0.05, 0) is 91.6 Å². The predicted octanol–water partition coefficient (Wildman–Crippen LogP) is 9.35. The molecule has 0 aliphatic rings. The molecule has 53 heavy (non-hydrogen) atoms. The largest absolute Gasteiger partial charge is 0.493 e. The predicted molar refractivity (Wildman–Crippen MR) is 217 cm³/mol.